The summed E-state index contributed by atoms with van der Waals surface area (Å²) in [6, 6.07) is 0. The van der Waals surface area contributed by atoms with E-state index in [0.29, 0.717) is 6.42 Å². The van der Waals surface area contributed by atoms with Crippen LogP contribution in [0.4, 0.5) is 4.39 Å². The van der Waals surface area contributed by atoms with Crippen LogP contribution in [-0.2, 0) is 14.3 Å². The molecule has 4 heteroatoms. The number of esters is 1. The first-order valence-electron chi connectivity index (χ1n) is 6.67. The SMILES string of the molecule is CC1(C)CC(=O)C(F)(C(=O)OC(C)(C)C)C(C)(C)C1. The summed E-state index contributed by atoms with van der Waals surface area (Å²) >= 11 is 0. The summed E-state index contributed by atoms with van der Waals surface area (Å²) < 4.78 is 20.3. The van der Waals surface area contributed by atoms with Crippen LogP contribution >= 0.6 is 0 Å². The zero-order valence-corrected chi connectivity index (χ0v) is 13.0. The van der Waals surface area contributed by atoms with Crippen LogP contribution in [0, 0.1) is 10.8 Å². The molecule has 1 saturated carbocycles. The minimum absolute atomic E-state index is 0.0617. The molecule has 0 aliphatic heterocycles. The number of hydrogen-bond donors (Lipinski definition) is 0. The third kappa shape index (κ3) is 2.98. The summed E-state index contributed by atoms with van der Waals surface area (Å²) in [6.07, 6.45) is 0.521. The lowest BCUT2D eigenvalue weighted by Gasteiger charge is -2.47. The second kappa shape index (κ2) is 4.29. The zero-order chi connectivity index (χ0) is 15.3. The van der Waals surface area contributed by atoms with Gasteiger partial charge in [-0.1, -0.05) is 27.7 Å². The molecule has 1 rings (SSSR count). The van der Waals surface area contributed by atoms with Crippen molar-refractivity contribution in [2.75, 3.05) is 0 Å². The molecule has 1 fully saturated rings. The molecule has 19 heavy (non-hydrogen) atoms. The highest BCUT2D eigenvalue weighted by Crippen LogP contribution is 2.52. The van der Waals surface area contributed by atoms with Crippen LogP contribution in [0.2, 0.25) is 0 Å². The van der Waals surface area contributed by atoms with E-state index in [4.69, 9.17) is 4.74 Å². The predicted octanol–water partition coefficient (Wildman–Crippen LogP) is 3.45. The van der Waals surface area contributed by atoms with E-state index >= 15 is 4.39 Å². The summed E-state index contributed by atoms with van der Waals surface area (Å²) in [4.78, 5) is 24.4. The van der Waals surface area contributed by atoms with Gasteiger partial charge in [0.2, 0.25) is 0 Å². The summed E-state index contributed by atoms with van der Waals surface area (Å²) in [5.41, 5.74) is -4.71. The standard InChI is InChI=1S/C15H25FO3/c1-12(2,3)19-11(18)15(16)10(17)8-13(4,5)9-14(15,6)7/h8-9H2,1-7H3. The van der Waals surface area contributed by atoms with Gasteiger partial charge in [0.15, 0.2) is 5.78 Å². The van der Waals surface area contributed by atoms with Crippen molar-refractivity contribution in [3.63, 3.8) is 0 Å². The molecule has 0 aromatic heterocycles. The van der Waals surface area contributed by atoms with Gasteiger partial charge >= 0.3 is 5.97 Å². The molecule has 110 valence electrons. The summed E-state index contributed by atoms with van der Waals surface area (Å²) in [7, 11) is 0. The second-order valence-electron chi connectivity index (χ2n) is 7.99. The minimum atomic E-state index is -2.55. The molecular formula is C15H25FO3. The molecule has 0 spiro atoms. The van der Waals surface area contributed by atoms with Crippen molar-refractivity contribution >= 4 is 11.8 Å². The topological polar surface area (TPSA) is 43.4 Å². The summed E-state index contributed by atoms with van der Waals surface area (Å²) in [5, 5.41) is 0. The minimum Gasteiger partial charge on any atom is -0.457 e. The Bertz CT molecular complexity index is 404. The molecule has 0 aromatic carbocycles. The lowest BCUT2D eigenvalue weighted by molar-refractivity contribution is -0.188. The number of carbonyl (C=O) groups excluding carboxylic acids is 2. The number of alkyl halides is 1. The number of Topliss-reactive ketones (excluding diaryl/α,β-unsaturated/α-hetero) is 1. The molecule has 0 amide bonds. The third-order valence-corrected chi connectivity index (χ3v) is 3.56. The van der Waals surface area contributed by atoms with E-state index in [-0.39, 0.29) is 11.8 Å². The van der Waals surface area contributed by atoms with E-state index < -0.39 is 28.4 Å². The smallest absolute Gasteiger partial charge is 0.352 e. The van der Waals surface area contributed by atoms with E-state index in [1.807, 2.05) is 13.8 Å². The molecule has 0 heterocycles. The Hall–Kier alpha value is -0.930. The lowest BCUT2D eigenvalue weighted by atomic mass is 9.58. The van der Waals surface area contributed by atoms with Crippen LogP contribution in [0.5, 0.6) is 0 Å². The Labute approximate surface area is 114 Å². The van der Waals surface area contributed by atoms with Crippen LogP contribution in [0.15, 0.2) is 0 Å². The molecule has 1 atom stereocenters. The highest BCUT2D eigenvalue weighted by atomic mass is 19.1. The number of halogens is 1. The second-order valence-corrected chi connectivity index (χ2v) is 7.99. The Morgan fingerprint density at radius 2 is 1.68 bits per heavy atom. The number of carbonyl (C=O) groups is 2. The first-order chi connectivity index (χ1) is 8.21. The number of ether oxygens (including phenoxy) is 1. The highest BCUT2D eigenvalue weighted by Gasteiger charge is 2.64. The van der Waals surface area contributed by atoms with Gasteiger partial charge in [0.05, 0.1) is 0 Å². The molecule has 1 aliphatic carbocycles. The molecule has 0 saturated heterocycles. The first-order valence-corrected chi connectivity index (χ1v) is 6.67. The van der Waals surface area contributed by atoms with Gasteiger partial charge in [0.1, 0.15) is 5.60 Å². The van der Waals surface area contributed by atoms with Crippen molar-refractivity contribution in [1.29, 1.82) is 0 Å². The summed E-state index contributed by atoms with van der Waals surface area (Å²) in [5.74, 6) is -1.71. The van der Waals surface area contributed by atoms with Crippen LogP contribution in [0.1, 0.15) is 61.3 Å². The molecule has 0 aromatic rings. The Morgan fingerprint density at radius 3 is 2.05 bits per heavy atom. The lowest BCUT2D eigenvalue weighted by Crippen LogP contribution is -2.60. The molecule has 0 N–H and O–H groups in total. The fourth-order valence-corrected chi connectivity index (χ4v) is 3.05. The maximum Gasteiger partial charge on any atom is 0.352 e. The van der Waals surface area contributed by atoms with Crippen molar-refractivity contribution < 1.29 is 18.7 Å². The van der Waals surface area contributed by atoms with Gasteiger partial charge in [-0.05, 0) is 32.6 Å². The zero-order valence-electron chi connectivity index (χ0n) is 13.0. The van der Waals surface area contributed by atoms with E-state index in [1.54, 1.807) is 34.6 Å². The largest absolute Gasteiger partial charge is 0.457 e. The molecule has 3 nitrogen and oxygen atoms in total. The van der Waals surface area contributed by atoms with E-state index in [2.05, 4.69) is 0 Å². The van der Waals surface area contributed by atoms with Gasteiger partial charge in [0.25, 0.3) is 5.67 Å². The Morgan fingerprint density at radius 1 is 1.21 bits per heavy atom. The molecular weight excluding hydrogens is 247 g/mol. The Balaban J connectivity index is 3.15. The van der Waals surface area contributed by atoms with Gasteiger partial charge in [-0.2, -0.15) is 0 Å². The third-order valence-electron chi connectivity index (χ3n) is 3.56. The van der Waals surface area contributed by atoms with E-state index in [0.717, 1.165) is 0 Å². The highest BCUT2D eigenvalue weighted by molar-refractivity contribution is 6.09. The van der Waals surface area contributed by atoms with Crippen molar-refractivity contribution in [2.45, 2.75) is 72.6 Å². The van der Waals surface area contributed by atoms with E-state index in [9.17, 15) is 9.59 Å². The van der Waals surface area contributed by atoms with Crippen molar-refractivity contribution in [2.24, 2.45) is 10.8 Å². The quantitative estimate of drug-likeness (QED) is 0.542. The summed E-state index contributed by atoms with van der Waals surface area (Å²) in [6.45, 7) is 12.1. The first kappa shape index (κ1) is 16.1. The maximum absolute atomic E-state index is 15.2. The van der Waals surface area contributed by atoms with Crippen LogP contribution in [0.25, 0.3) is 0 Å². The van der Waals surface area contributed by atoms with Crippen molar-refractivity contribution in [3.05, 3.63) is 0 Å². The number of ketones is 1. The fraction of sp³-hybridized carbons (Fsp3) is 0.867. The normalized spacial score (nSPS) is 30.0. The molecule has 0 radical (unpaired) electrons. The molecule has 0 bridgehead atoms. The van der Waals surface area contributed by atoms with Gasteiger partial charge in [-0.3, -0.25) is 4.79 Å². The fourth-order valence-electron chi connectivity index (χ4n) is 3.05. The predicted molar refractivity (Wildman–Crippen MR) is 71.5 cm³/mol. The van der Waals surface area contributed by atoms with E-state index in [1.165, 1.54) is 0 Å². The van der Waals surface area contributed by atoms with Gasteiger partial charge in [-0.25, -0.2) is 9.18 Å². The maximum atomic E-state index is 15.2. The van der Waals surface area contributed by atoms with Crippen molar-refractivity contribution in [3.8, 4) is 0 Å². The number of hydrogen-bond acceptors (Lipinski definition) is 3. The monoisotopic (exact) mass is 272 g/mol. The van der Waals surface area contributed by atoms with Crippen LogP contribution in [-0.4, -0.2) is 23.0 Å². The van der Waals surface area contributed by atoms with Gasteiger partial charge in [0, 0.05) is 11.8 Å². The van der Waals surface area contributed by atoms with Crippen LogP contribution in [0.3, 0.4) is 0 Å². The average Bonchev–Trinajstić information content (AvgIpc) is 2.08. The molecule has 1 aliphatic rings. The Kier molecular flexibility index (Phi) is 3.64. The average molecular weight is 272 g/mol. The van der Waals surface area contributed by atoms with Crippen LogP contribution < -0.4 is 0 Å². The van der Waals surface area contributed by atoms with Gasteiger partial charge < -0.3 is 4.74 Å². The van der Waals surface area contributed by atoms with Gasteiger partial charge in [-0.15, -0.1) is 0 Å². The number of rotatable bonds is 1. The molecule has 1 unspecified atom stereocenters. The van der Waals surface area contributed by atoms with Crippen molar-refractivity contribution in [1.82, 2.24) is 0 Å².